The van der Waals surface area contributed by atoms with Crippen molar-refractivity contribution in [3.63, 3.8) is 0 Å². The number of nitrogens with zero attached hydrogens (tertiary/aromatic N) is 6. The summed E-state index contributed by atoms with van der Waals surface area (Å²) in [4.78, 5) is 56.1. The van der Waals surface area contributed by atoms with Crippen molar-refractivity contribution in [1.82, 2.24) is 44.4 Å². The van der Waals surface area contributed by atoms with Gasteiger partial charge in [-0.15, -0.1) is 0 Å². The van der Waals surface area contributed by atoms with Gasteiger partial charge in [0.05, 0.1) is 38.6 Å². The van der Waals surface area contributed by atoms with Crippen molar-refractivity contribution < 1.29 is 56.4 Å². The van der Waals surface area contributed by atoms with Gasteiger partial charge >= 0.3 is 15.6 Å². The van der Waals surface area contributed by atoms with Crippen molar-refractivity contribution in [2.45, 2.75) is 172 Å². The largest absolute Gasteiger partial charge is 0.472 e. The Hall–Kier alpha value is -3.29. The predicted octanol–water partition coefficient (Wildman–Crippen LogP) is 7.89. The van der Waals surface area contributed by atoms with Gasteiger partial charge in [0, 0.05) is 25.8 Å². The molecular formula is C42H69N11O12P2S2. The SMILES string of the molecule is CCCCCCCCCCCCCCCC(=O)NCCCCCCOP(=O)(O)OC[C@H]1O[C@@H](n2cnc3c(=S)nc(N)[nH]c32)CC1OP(=O)(O)OC[C@H]1O[C@@H](n2cnc3c(=S)nc(N)[nH]c32)CC1O. The van der Waals surface area contributed by atoms with Gasteiger partial charge in [-0.1, -0.05) is 121 Å². The Labute approximate surface area is 411 Å². The molecule has 0 aliphatic carbocycles. The first-order chi connectivity index (χ1) is 33.1. The van der Waals surface area contributed by atoms with Crippen molar-refractivity contribution in [3.8, 4) is 0 Å². The van der Waals surface area contributed by atoms with Crippen LogP contribution in [0.4, 0.5) is 11.9 Å². The summed E-state index contributed by atoms with van der Waals surface area (Å²) in [5.74, 6) is 0.134. The molecule has 0 saturated carbocycles. The van der Waals surface area contributed by atoms with E-state index in [-0.39, 0.29) is 46.5 Å². The predicted molar refractivity (Wildman–Crippen MR) is 261 cm³/mol. The smallest absolute Gasteiger partial charge is 0.390 e. The van der Waals surface area contributed by atoms with E-state index in [0.29, 0.717) is 48.1 Å². The molecule has 2 saturated heterocycles. The number of aromatic nitrogens is 8. The number of fused-ring (bicyclic) bond motifs is 2. The number of aliphatic hydroxyl groups excluding tert-OH is 1. The van der Waals surface area contributed by atoms with Gasteiger partial charge in [-0.3, -0.25) is 32.0 Å². The Bertz CT molecular complexity index is 2480. The van der Waals surface area contributed by atoms with Gasteiger partial charge in [0.15, 0.2) is 21.2 Å². The fraction of sp³-hybridized carbons (Fsp3) is 0.738. The van der Waals surface area contributed by atoms with Crippen LogP contribution < -0.4 is 16.8 Å². The summed E-state index contributed by atoms with van der Waals surface area (Å²) in [5.41, 5.74) is 13.2. The van der Waals surface area contributed by atoms with E-state index in [1.807, 2.05) is 0 Å². The average molecular weight is 1050 g/mol. The summed E-state index contributed by atoms with van der Waals surface area (Å²) >= 11 is 10.5. The summed E-state index contributed by atoms with van der Waals surface area (Å²) in [7, 11) is -9.56. The van der Waals surface area contributed by atoms with Gasteiger partial charge in [-0.05, 0) is 19.3 Å². The lowest BCUT2D eigenvalue weighted by atomic mass is 10.0. The second-order valence-corrected chi connectivity index (χ2v) is 21.2. The number of carbonyl (C=O) groups excluding carboxylic acids is 1. The number of phosphoric ester groups is 2. The van der Waals surface area contributed by atoms with Crippen molar-refractivity contribution >= 4 is 80.2 Å². The number of aliphatic hydroxyl groups is 1. The molecule has 69 heavy (non-hydrogen) atoms. The Balaban J connectivity index is 0.907. The molecular weight excluding hydrogens is 977 g/mol. The number of phosphoric acid groups is 2. The van der Waals surface area contributed by atoms with Gasteiger partial charge < -0.3 is 51.1 Å². The monoisotopic (exact) mass is 1050 g/mol. The highest BCUT2D eigenvalue weighted by Gasteiger charge is 2.45. The molecule has 1 amide bonds. The van der Waals surface area contributed by atoms with Crippen LogP contribution in [0.2, 0.25) is 0 Å². The molecule has 6 heterocycles. The van der Waals surface area contributed by atoms with E-state index in [9.17, 15) is 28.8 Å². The summed E-state index contributed by atoms with van der Waals surface area (Å²) in [6.07, 6.45) is 16.1. The van der Waals surface area contributed by atoms with Crippen LogP contribution >= 0.6 is 40.1 Å². The first-order valence-electron chi connectivity index (χ1n) is 24.1. The number of imidazole rings is 2. The quantitative estimate of drug-likeness (QED) is 0.0131. The number of nitrogens with two attached hydrogens (primary N) is 2. The molecule has 4 aromatic rings. The highest BCUT2D eigenvalue weighted by atomic mass is 32.1. The number of ether oxygens (including phenoxy) is 2. The van der Waals surface area contributed by atoms with E-state index >= 15 is 0 Å². The van der Waals surface area contributed by atoms with E-state index in [1.54, 1.807) is 4.57 Å². The van der Waals surface area contributed by atoms with Gasteiger partial charge in [-0.25, -0.2) is 29.1 Å². The molecule has 4 unspecified atom stereocenters. The highest BCUT2D eigenvalue weighted by Crippen LogP contribution is 2.51. The number of amides is 1. The molecule has 0 aromatic carbocycles. The number of nitrogen functional groups attached to an aromatic ring is 2. The number of nitrogens with one attached hydrogen (secondary N) is 3. The van der Waals surface area contributed by atoms with E-state index in [4.69, 9.17) is 63.5 Å². The zero-order chi connectivity index (χ0) is 49.4. The van der Waals surface area contributed by atoms with Crippen molar-refractivity contribution in [2.75, 3.05) is 37.8 Å². The standard InChI is InChI=1S/C42H69N11O12P2S2/c1-2-3-4-5-6-7-8-9-10-11-12-13-16-19-32(55)45-20-17-14-15-18-21-60-66(56,57)61-25-31-29(23-34(64-31)53-27-47-36-38(53)49-42(44)51-40(36)69)65-67(58,59)62-24-30-28(54)22-33(63-30)52-26-46-35-37(52)48-41(43)50-39(35)68/h26-31,33-34,54H,2-25H2,1H3,(H,45,55)(H,56,57)(H,58,59)(H3,43,48,50,68)(H3,44,49,51,69)/t28?,29?,30-,31-,33-,34-/m1/s1. The van der Waals surface area contributed by atoms with Crippen LogP contribution in [0.25, 0.3) is 22.3 Å². The van der Waals surface area contributed by atoms with Gasteiger partial charge in [0.1, 0.15) is 53.1 Å². The second-order valence-electron chi connectivity index (χ2n) is 17.6. The van der Waals surface area contributed by atoms with Crippen LogP contribution in [0.15, 0.2) is 12.7 Å². The maximum absolute atomic E-state index is 13.5. The van der Waals surface area contributed by atoms with E-state index in [1.165, 1.54) is 87.9 Å². The molecule has 0 spiro atoms. The number of anilines is 2. The molecule has 23 nitrogen and oxygen atoms in total. The molecule has 2 fully saturated rings. The van der Waals surface area contributed by atoms with Crippen LogP contribution in [0.3, 0.4) is 0 Å². The zero-order valence-electron chi connectivity index (χ0n) is 39.2. The van der Waals surface area contributed by atoms with Crippen LogP contribution in [0.1, 0.15) is 148 Å². The lowest BCUT2D eigenvalue weighted by molar-refractivity contribution is -0.121. The molecule has 6 rings (SSSR count). The third-order valence-corrected chi connectivity index (χ3v) is 14.7. The molecule has 0 bridgehead atoms. The zero-order valence-corrected chi connectivity index (χ0v) is 42.6. The average Bonchev–Trinajstić information content (AvgIpc) is 4.10. The lowest BCUT2D eigenvalue weighted by Gasteiger charge is -2.23. The van der Waals surface area contributed by atoms with Gasteiger partial charge in [0.2, 0.25) is 5.91 Å². The van der Waals surface area contributed by atoms with Gasteiger partial charge in [0.25, 0.3) is 0 Å². The third kappa shape index (κ3) is 16.9. The lowest BCUT2D eigenvalue weighted by Crippen LogP contribution is -2.30. The van der Waals surface area contributed by atoms with Crippen molar-refractivity contribution in [2.24, 2.45) is 0 Å². The van der Waals surface area contributed by atoms with E-state index < -0.39 is 65.7 Å². The summed E-state index contributed by atoms with van der Waals surface area (Å²) < 4.78 is 63.5. The Morgan fingerprint density at radius 3 is 1.83 bits per heavy atom. The molecule has 4 aromatic heterocycles. The van der Waals surface area contributed by atoms with Crippen LogP contribution in [0.5, 0.6) is 0 Å². The Morgan fingerprint density at radius 1 is 0.739 bits per heavy atom. The number of aromatic amines is 2. The molecule has 8 atom stereocenters. The molecule has 27 heteroatoms. The number of rotatable bonds is 32. The first-order valence-corrected chi connectivity index (χ1v) is 27.9. The Kier molecular flexibility index (Phi) is 21.5. The second kappa shape index (κ2) is 27.0. The minimum Gasteiger partial charge on any atom is -0.390 e. The van der Waals surface area contributed by atoms with E-state index in [0.717, 1.165) is 25.7 Å². The number of hydrogen-bond donors (Lipinski definition) is 8. The third-order valence-electron chi connectivity index (χ3n) is 12.2. The summed E-state index contributed by atoms with van der Waals surface area (Å²) in [6.45, 7) is 1.59. The minimum absolute atomic E-state index is 0.0120. The molecule has 10 N–H and O–H groups in total. The minimum atomic E-state index is -4.93. The molecule has 0 radical (unpaired) electrons. The van der Waals surface area contributed by atoms with Crippen LogP contribution in [0, 0.1) is 9.28 Å². The molecule has 2 aliphatic heterocycles. The van der Waals surface area contributed by atoms with Crippen molar-refractivity contribution in [3.05, 3.63) is 21.9 Å². The number of H-pyrrole nitrogens is 2. The normalized spacial score (nSPS) is 22.4. The summed E-state index contributed by atoms with van der Waals surface area (Å²) in [6, 6.07) is 0. The first kappa shape index (κ1) is 55.0. The maximum atomic E-state index is 13.5. The summed E-state index contributed by atoms with van der Waals surface area (Å²) in [5, 5.41) is 13.8. The van der Waals surface area contributed by atoms with Crippen LogP contribution in [-0.4, -0.2) is 111 Å². The fourth-order valence-corrected chi connectivity index (χ4v) is 10.7. The highest BCUT2D eigenvalue weighted by molar-refractivity contribution is 7.71. The Morgan fingerprint density at radius 2 is 1.23 bits per heavy atom. The molecule has 2 aliphatic rings. The maximum Gasteiger partial charge on any atom is 0.472 e. The topological polar surface area (TPSA) is 324 Å². The number of unbranched alkanes of at least 4 members (excludes halogenated alkanes) is 15. The van der Waals surface area contributed by atoms with Crippen LogP contribution in [-0.2, 0) is 41.5 Å². The molecule has 386 valence electrons. The fourth-order valence-electron chi connectivity index (χ4n) is 8.46. The van der Waals surface area contributed by atoms with Crippen molar-refractivity contribution in [1.29, 1.82) is 0 Å². The number of carbonyl (C=O) groups is 1. The van der Waals surface area contributed by atoms with E-state index in [2.05, 4.69) is 42.1 Å². The number of hydrogen-bond acceptors (Lipinski definition) is 18. The van der Waals surface area contributed by atoms with Gasteiger partial charge in [-0.2, -0.15) is 0 Å².